The number of carbonyl (C=O) groups excluding carboxylic acids is 1. The second-order valence-electron chi connectivity index (χ2n) is 4.31. The van der Waals surface area contributed by atoms with Gasteiger partial charge >= 0.3 is 0 Å². The maximum absolute atomic E-state index is 11.7. The quantitative estimate of drug-likeness (QED) is 0.686. The van der Waals surface area contributed by atoms with E-state index in [1.807, 2.05) is 25.3 Å². The van der Waals surface area contributed by atoms with Crippen LogP contribution in [-0.2, 0) is 4.79 Å². The van der Waals surface area contributed by atoms with Gasteiger partial charge in [-0.15, -0.1) is 0 Å². The second-order valence-corrected chi connectivity index (χ2v) is 4.31. The molecule has 0 saturated carbocycles. The summed E-state index contributed by atoms with van der Waals surface area (Å²) in [6.07, 6.45) is 2.51. The SMILES string of the molecule is CN1CCC(=O)/C(=C/c2ccc(C#N)cc2)C1. The molecule has 17 heavy (non-hydrogen) atoms. The summed E-state index contributed by atoms with van der Waals surface area (Å²) in [5.41, 5.74) is 2.46. The van der Waals surface area contributed by atoms with E-state index >= 15 is 0 Å². The van der Waals surface area contributed by atoms with E-state index in [0.717, 1.165) is 17.7 Å². The first kappa shape index (κ1) is 11.6. The average Bonchev–Trinajstić information content (AvgIpc) is 2.35. The summed E-state index contributed by atoms with van der Waals surface area (Å²) in [7, 11) is 2.01. The van der Waals surface area contributed by atoms with Crippen LogP contribution in [0.5, 0.6) is 0 Å². The van der Waals surface area contributed by atoms with Crippen LogP contribution in [0.1, 0.15) is 17.5 Å². The molecule has 0 radical (unpaired) electrons. The van der Waals surface area contributed by atoms with E-state index < -0.39 is 0 Å². The van der Waals surface area contributed by atoms with Gasteiger partial charge in [-0.1, -0.05) is 12.1 Å². The van der Waals surface area contributed by atoms with Crippen LogP contribution in [0.25, 0.3) is 6.08 Å². The Balaban J connectivity index is 2.22. The van der Waals surface area contributed by atoms with Gasteiger partial charge in [-0.3, -0.25) is 4.79 Å². The van der Waals surface area contributed by atoms with E-state index in [0.29, 0.717) is 18.5 Å². The zero-order valence-electron chi connectivity index (χ0n) is 9.81. The molecular weight excluding hydrogens is 212 g/mol. The molecule has 3 heteroatoms. The molecule has 1 aromatic carbocycles. The monoisotopic (exact) mass is 226 g/mol. The Kier molecular flexibility index (Phi) is 3.36. The molecule has 1 heterocycles. The lowest BCUT2D eigenvalue weighted by molar-refractivity contribution is -0.117. The number of likely N-dealkylation sites (N-methyl/N-ethyl adjacent to an activating group) is 1. The number of hydrogen-bond acceptors (Lipinski definition) is 3. The van der Waals surface area contributed by atoms with Gasteiger partial charge in [-0.05, 0) is 30.8 Å². The van der Waals surface area contributed by atoms with Gasteiger partial charge in [0, 0.05) is 25.1 Å². The van der Waals surface area contributed by atoms with Crippen LogP contribution in [0.2, 0.25) is 0 Å². The van der Waals surface area contributed by atoms with Crippen molar-refractivity contribution in [2.45, 2.75) is 6.42 Å². The number of carbonyl (C=O) groups is 1. The van der Waals surface area contributed by atoms with Crippen molar-refractivity contribution in [3.8, 4) is 6.07 Å². The zero-order chi connectivity index (χ0) is 12.3. The van der Waals surface area contributed by atoms with Crippen LogP contribution in [0, 0.1) is 11.3 Å². The van der Waals surface area contributed by atoms with Gasteiger partial charge in [0.1, 0.15) is 0 Å². The van der Waals surface area contributed by atoms with Crippen molar-refractivity contribution in [3.05, 3.63) is 41.0 Å². The van der Waals surface area contributed by atoms with E-state index in [2.05, 4.69) is 11.0 Å². The van der Waals surface area contributed by atoms with E-state index in [9.17, 15) is 4.79 Å². The third kappa shape index (κ3) is 2.80. The average molecular weight is 226 g/mol. The Morgan fingerprint density at radius 1 is 1.35 bits per heavy atom. The molecule has 0 bridgehead atoms. The number of rotatable bonds is 1. The molecule has 0 aliphatic carbocycles. The van der Waals surface area contributed by atoms with E-state index in [1.54, 1.807) is 12.1 Å². The van der Waals surface area contributed by atoms with Gasteiger partial charge in [0.15, 0.2) is 5.78 Å². The molecule has 86 valence electrons. The molecule has 0 amide bonds. The Morgan fingerprint density at radius 3 is 2.71 bits per heavy atom. The topological polar surface area (TPSA) is 44.1 Å². The molecule has 0 atom stereocenters. The highest BCUT2D eigenvalue weighted by Crippen LogP contribution is 2.15. The molecular formula is C14H14N2O. The van der Waals surface area contributed by atoms with Crippen molar-refractivity contribution >= 4 is 11.9 Å². The standard InChI is InChI=1S/C14H14N2O/c1-16-7-6-14(17)13(10-16)8-11-2-4-12(9-15)5-3-11/h2-5,8H,6-7,10H2,1H3/b13-8+. The molecule has 1 aliphatic rings. The first-order chi connectivity index (χ1) is 8.19. The summed E-state index contributed by atoms with van der Waals surface area (Å²) in [6, 6.07) is 9.35. The number of nitrogens with zero attached hydrogens (tertiary/aromatic N) is 2. The molecule has 3 nitrogen and oxygen atoms in total. The van der Waals surface area contributed by atoms with Gasteiger partial charge in [-0.25, -0.2) is 0 Å². The number of benzene rings is 1. The van der Waals surface area contributed by atoms with Crippen molar-refractivity contribution in [2.24, 2.45) is 0 Å². The fourth-order valence-corrected chi connectivity index (χ4v) is 1.89. The van der Waals surface area contributed by atoms with Crippen molar-refractivity contribution in [1.82, 2.24) is 4.90 Å². The summed E-state index contributed by atoms with van der Waals surface area (Å²) < 4.78 is 0. The van der Waals surface area contributed by atoms with E-state index in [1.165, 1.54) is 0 Å². The maximum Gasteiger partial charge on any atom is 0.161 e. The lowest BCUT2D eigenvalue weighted by Crippen LogP contribution is -2.32. The van der Waals surface area contributed by atoms with Crippen LogP contribution >= 0.6 is 0 Å². The molecule has 1 aliphatic heterocycles. The fraction of sp³-hybridized carbons (Fsp3) is 0.286. The van der Waals surface area contributed by atoms with Crippen molar-refractivity contribution < 1.29 is 4.79 Å². The van der Waals surface area contributed by atoms with Crippen molar-refractivity contribution in [2.75, 3.05) is 20.1 Å². The Hall–Kier alpha value is -1.92. The van der Waals surface area contributed by atoms with Crippen LogP contribution in [0.3, 0.4) is 0 Å². The lowest BCUT2D eigenvalue weighted by atomic mass is 10.0. The fourth-order valence-electron chi connectivity index (χ4n) is 1.89. The first-order valence-corrected chi connectivity index (χ1v) is 5.61. The Labute approximate surface area is 101 Å². The Morgan fingerprint density at radius 2 is 2.06 bits per heavy atom. The van der Waals surface area contributed by atoms with Crippen LogP contribution < -0.4 is 0 Å². The minimum absolute atomic E-state index is 0.229. The van der Waals surface area contributed by atoms with Crippen LogP contribution in [-0.4, -0.2) is 30.8 Å². The summed E-state index contributed by atoms with van der Waals surface area (Å²) in [5, 5.41) is 8.70. The number of hydrogen-bond donors (Lipinski definition) is 0. The van der Waals surface area contributed by atoms with E-state index in [-0.39, 0.29) is 5.78 Å². The van der Waals surface area contributed by atoms with Crippen LogP contribution in [0.4, 0.5) is 0 Å². The molecule has 0 unspecified atom stereocenters. The number of nitriles is 1. The summed E-state index contributed by atoms with van der Waals surface area (Å²) in [5.74, 6) is 0.229. The van der Waals surface area contributed by atoms with Gasteiger partial charge in [-0.2, -0.15) is 5.26 Å². The second kappa shape index (κ2) is 4.94. The number of likely N-dealkylation sites (tertiary alicyclic amines) is 1. The third-order valence-electron chi connectivity index (χ3n) is 2.90. The lowest BCUT2D eigenvalue weighted by Gasteiger charge is -2.23. The van der Waals surface area contributed by atoms with Gasteiger partial charge < -0.3 is 4.90 Å². The summed E-state index contributed by atoms with van der Waals surface area (Å²) in [4.78, 5) is 13.9. The smallest absolute Gasteiger partial charge is 0.161 e. The van der Waals surface area contributed by atoms with Gasteiger partial charge in [0.25, 0.3) is 0 Å². The number of ketones is 1. The van der Waals surface area contributed by atoms with Crippen molar-refractivity contribution in [1.29, 1.82) is 5.26 Å². The minimum atomic E-state index is 0.229. The Bertz CT molecular complexity index is 494. The third-order valence-corrected chi connectivity index (χ3v) is 2.90. The van der Waals surface area contributed by atoms with Gasteiger partial charge in [0.05, 0.1) is 11.6 Å². The largest absolute Gasteiger partial charge is 0.302 e. The normalized spacial score (nSPS) is 19.3. The zero-order valence-corrected chi connectivity index (χ0v) is 9.81. The molecule has 2 rings (SSSR count). The highest BCUT2D eigenvalue weighted by atomic mass is 16.1. The highest BCUT2D eigenvalue weighted by molar-refractivity contribution is 6.00. The van der Waals surface area contributed by atoms with Crippen LogP contribution in [0.15, 0.2) is 29.8 Å². The van der Waals surface area contributed by atoms with Gasteiger partial charge in [0.2, 0.25) is 0 Å². The predicted molar refractivity (Wildman–Crippen MR) is 66.3 cm³/mol. The molecule has 0 N–H and O–H groups in total. The number of piperidine rings is 1. The summed E-state index contributed by atoms with van der Waals surface area (Å²) in [6.45, 7) is 1.54. The molecule has 0 aromatic heterocycles. The summed E-state index contributed by atoms with van der Waals surface area (Å²) >= 11 is 0. The maximum atomic E-state index is 11.7. The minimum Gasteiger partial charge on any atom is -0.302 e. The molecule has 1 aromatic rings. The predicted octanol–water partition coefficient (Wildman–Crippen LogP) is 1.85. The first-order valence-electron chi connectivity index (χ1n) is 5.61. The molecule has 0 spiro atoms. The molecule has 1 fully saturated rings. The highest BCUT2D eigenvalue weighted by Gasteiger charge is 2.18. The van der Waals surface area contributed by atoms with E-state index in [4.69, 9.17) is 5.26 Å². The number of Topliss-reactive ketones (excluding diaryl/α,β-unsaturated/α-hetero) is 1. The molecule has 1 saturated heterocycles. The van der Waals surface area contributed by atoms with Crippen molar-refractivity contribution in [3.63, 3.8) is 0 Å².